The number of halogens is 1. The smallest absolute Gasteiger partial charge is 0.330 e. The zero-order valence-corrected chi connectivity index (χ0v) is 16.5. The van der Waals surface area contributed by atoms with Gasteiger partial charge in [-0.2, -0.15) is 4.98 Å². The van der Waals surface area contributed by atoms with Crippen molar-refractivity contribution in [1.82, 2.24) is 10.3 Å². The molecule has 1 atom stereocenters. The van der Waals surface area contributed by atoms with Crippen LogP contribution < -0.4 is 10.2 Å². The second kappa shape index (κ2) is 7.76. The number of oxazole rings is 1. The first-order chi connectivity index (χ1) is 12.8. The first-order valence-corrected chi connectivity index (χ1v) is 9.37. The number of carbonyl (C=O) groups excluding carboxylic acids is 2. The van der Waals surface area contributed by atoms with Gasteiger partial charge in [0.1, 0.15) is 11.1 Å². The minimum Gasteiger partial charge on any atom is -0.467 e. The molecule has 2 heterocycles. The third-order valence-electron chi connectivity index (χ3n) is 4.75. The lowest BCUT2D eigenvalue weighted by Crippen LogP contribution is -2.51. The van der Waals surface area contributed by atoms with Crippen LogP contribution >= 0.6 is 11.6 Å². The number of anilines is 1. The van der Waals surface area contributed by atoms with Gasteiger partial charge in [-0.3, -0.25) is 4.79 Å². The molecule has 8 heteroatoms. The molecule has 3 rings (SSSR count). The molecular formula is C19H24ClN3O4. The Bertz CT molecular complexity index is 849. The number of amides is 1. The van der Waals surface area contributed by atoms with E-state index < -0.39 is 11.5 Å². The van der Waals surface area contributed by atoms with Crippen molar-refractivity contribution in [1.29, 1.82) is 0 Å². The molecule has 1 aromatic carbocycles. The lowest BCUT2D eigenvalue weighted by molar-refractivity contribution is -0.149. The number of hydrogen-bond donors (Lipinski definition) is 1. The Hall–Kier alpha value is -2.28. The van der Waals surface area contributed by atoms with Gasteiger partial charge in [0.05, 0.1) is 7.11 Å². The summed E-state index contributed by atoms with van der Waals surface area (Å²) in [5, 5.41) is 3.35. The minimum absolute atomic E-state index is 0.158. The SMILES string of the molecule is COC(=O)C(C)(C)NC(=O)CC1CCCN(c2nc3ccc(Cl)cc3o2)C1. The number of esters is 1. The average molecular weight is 394 g/mol. The highest BCUT2D eigenvalue weighted by atomic mass is 35.5. The van der Waals surface area contributed by atoms with Crippen LogP contribution in [0.3, 0.4) is 0 Å². The predicted octanol–water partition coefficient (Wildman–Crippen LogP) is 3.16. The molecule has 146 valence electrons. The van der Waals surface area contributed by atoms with E-state index in [4.69, 9.17) is 20.8 Å². The Morgan fingerprint density at radius 3 is 2.96 bits per heavy atom. The molecule has 1 saturated heterocycles. The van der Waals surface area contributed by atoms with Crippen molar-refractivity contribution >= 4 is 40.6 Å². The molecule has 1 aliphatic rings. The number of nitrogens with one attached hydrogen (secondary N) is 1. The van der Waals surface area contributed by atoms with E-state index in [1.54, 1.807) is 26.0 Å². The molecule has 1 unspecified atom stereocenters. The minimum atomic E-state index is -1.04. The molecule has 1 aliphatic heterocycles. The van der Waals surface area contributed by atoms with E-state index in [2.05, 4.69) is 15.2 Å². The fraction of sp³-hybridized carbons (Fsp3) is 0.526. The zero-order valence-electron chi connectivity index (χ0n) is 15.8. The van der Waals surface area contributed by atoms with Crippen molar-refractivity contribution in [2.24, 2.45) is 5.92 Å². The Kier molecular flexibility index (Phi) is 5.60. The molecule has 0 saturated carbocycles. The molecule has 1 amide bonds. The van der Waals surface area contributed by atoms with Gasteiger partial charge in [0.25, 0.3) is 6.01 Å². The first-order valence-electron chi connectivity index (χ1n) is 8.99. The summed E-state index contributed by atoms with van der Waals surface area (Å²) in [6, 6.07) is 5.90. The second-order valence-corrected chi connectivity index (χ2v) is 7.87. The van der Waals surface area contributed by atoms with Crippen LogP contribution in [-0.4, -0.2) is 42.6 Å². The largest absolute Gasteiger partial charge is 0.467 e. The van der Waals surface area contributed by atoms with Gasteiger partial charge in [0, 0.05) is 30.6 Å². The number of methoxy groups -OCH3 is 1. The van der Waals surface area contributed by atoms with Crippen LogP contribution in [0.1, 0.15) is 33.1 Å². The van der Waals surface area contributed by atoms with E-state index in [1.807, 2.05) is 6.07 Å². The number of ether oxygens (including phenoxy) is 1. The van der Waals surface area contributed by atoms with E-state index in [-0.39, 0.29) is 11.8 Å². The number of aromatic nitrogens is 1. The predicted molar refractivity (Wildman–Crippen MR) is 103 cm³/mol. The maximum absolute atomic E-state index is 12.4. The molecule has 0 aliphatic carbocycles. The van der Waals surface area contributed by atoms with Crippen molar-refractivity contribution in [3.8, 4) is 0 Å². The normalized spacial score (nSPS) is 17.8. The lowest BCUT2D eigenvalue weighted by Gasteiger charge is -2.32. The molecule has 1 N–H and O–H groups in total. The summed E-state index contributed by atoms with van der Waals surface area (Å²) >= 11 is 6.00. The standard InChI is InChI=1S/C19H24ClN3O4/c1-19(2,17(25)26-3)22-16(24)9-12-5-4-8-23(11-12)18-21-14-7-6-13(20)10-15(14)27-18/h6-7,10,12H,4-5,8-9,11H2,1-3H3,(H,22,24). The summed E-state index contributed by atoms with van der Waals surface area (Å²) in [7, 11) is 1.31. The van der Waals surface area contributed by atoms with Crippen molar-refractivity contribution < 1.29 is 18.7 Å². The van der Waals surface area contributed by atoms with Crippen LogP contribution in [0.25, 0.3) is 11.1 Å². The summed E-state index contributed by atoms with van der Waals surface area (Å²) in [4.78, 5) is 30.7. The van der Waals surface area contributed by atoms with Gasteiger partial charge in [0.15, 0.2) is 5.58 Å². The van der Waals surface area contributed by atoms with Crippen molar-refractivity contribution in [2.45, 2.75) is 38.6 Å². The number of fused-ring (bicyclic) bond motifs is 1. The van der Waals surface area contributed by atoms with Crippen molar-refractivity contribution in [3.63, 3.8) is 0 Å². The third kappa shape index (κ3) is 4.53. The summed E-state index contributed by atoms with van der Waals surface area (Å²) < 4.78 is 10.6. The van der Waals surface area contributed by atoms with Crippen molar-refractivity contribution in [3.05, 3.63) is 23.2 Å². The average Bonchev–Trinajstić information content (AvgIpc) is 3.03. The van der Waals surface area contributed by atoms with Crippen LogP contribution in [0, 0.1) is 5.92 Å². The van der Waals surface area contributed by atoms with Crippen LogP contribution in [0.5, 0.6) is 0 Å². The summed E-state index contributed by atoms with van der Waals surface area (Å²) in [6.45, 7) is 4.76. The second-order valence-electron chi connectivity index (χ2n) is 7.43. The monoisotopic (exact) mass is 393 g/mol. The summed E-state index contributed by atoms with van der Waals surface area (Å²) in [5.41, 5.74) is 0.367. The molecule has 0 spiro atoms. The number of carbonyl (C=O) groups is 2. The molecular weight excluding hydrogens is 370 g/mol. The highest BCUT2D eigenvalue weighted by molar-refractivity contribution is 6.31. The van der Waals surface area contributed by atoms with E-state index in [0.717, 1.165) is 24.9 Å². The van der Waals surface area contributed by atoms with E-state index in [9.17, 15) is 9.59 Å². The van der Waals surface area contributed by atoms with Crippen LogP contribution in [0.4, 0.5) is 6.01 Å². The van der Waals surface area contributed by atoms with E-state index in [0.29, 0.717) is 29.6 Å². The highest BCUT2D eigenvalue weighted by Gasteiger charge is 2.32. The quantitative estimate of drug-likeness (QED) is 0.785. The first kappa shape index (κ1) is 19.5. The van der Waals surface area contributed by atoms with Crippen LogP contribution in [0.2, 0.25) is 5.02 Å². The van der Waals surface area contributed by atoms with Gasteiger partial charge >= 0.3 is 5.97 Å². The Labute approximate surface area is 163 Å². The fourth-order valence-electron chi connectivity index (χ4n) is 3.39. The Morgan fingerprint density at radius 2 is 2.22 bits per heavy atom. The summed E-state index contributed by atoms with van der Waals surface area (Å²) in [6.07, 6.45) is 2.22. The number of hydrogen-bond acceptors (Lipinski definition) is 6. The fourth-order valence-corrected chi connectivity index (χ4v) is 3.56. The highest BCUT2D eigenvalue weighted by Crippen LogP contribution is 2.29. The number of nitrogens with zero attached hydrogens (tertiary/aromatic N) is 2. The van der Waals surface area contributed by atoms with Crippen LogP contribution in [-0.2, 0) is 14.3 Å². The number of rotatable bonds is 5. The van der Waals surface area contributed by atoms with Crippen molar-refractivity contribution in [2.75, 3.05) is 25.1 Å². The maximum atomic E-state index is 12.4. The zero-order chi connectivity index (χ0) is 19.6. The molecule has 0 bridgehead atoms. The molecule has 1 aromatic heterocycles. The third-order valence-corrected chi connectivity index (χ3v) is 4.99. The summed E-state index contributed by atoms with van der Waals surface area (Å²) in [5.74, 6) is -0.473. The van der Waals surface area contributed by atoms with E-state index >= 15 is 0 Å². The molecule has 7 nitrogen and oxygen atoms in total. The van der Waals surface area contributed by atoms with E-state index in [1.165, 1.54) is 7.11 Å². The van der Waals surface area contributed by atoms with Gasteiger partial charge < -0.3 is 19.4 Å². The maximum Gasteiger partial charge on any atom is 0.330 e. The number of benzene rings is 1. The van der Waals surface area contributed by atoms with Gasteiger partial charge in [-0.25, -0.2) is 4.79 Å². The Morgan fingerprint density at radius 1 is 1.44 bits per heavy atom. The van der Waals surface area contributed by atoms with Crippen LogP contribution in [0.15, 0.2) is 22.6 Å². The number of piperidine rings is 1. The Balaban J connectivity index is 1.63. The van der Waals surface area contributed by atoms with Gasteiger partial charge in [0.2, 0.25) is 5.91 Å². The van der Waals surface area contributed by atoms with Gasteiger partial charge in [-0.15, -0.1) is 0 Å². The molecule has 0 radical (unpaired) electrons. The molecule has 2 aromatic rings. The lowest BCUT2D eigenvalue weighted by atomic mass is 9.94. The van der Waals surface area contributed by atoms with Gasteiger partial charge in [-0.05, 0) is 44.7 Å². The molecule has 27 heavy (non-hydrogen) atoms. The topological polar surface area (TPSA) is 84.7 Å². The van der Waals surface area contributed by atoms with Gasteiger partial charge in [-0.1, -0.05) is 11.6 Å². The molecule has 1 fully saturated rings.